The predicted octanol–water partition coefficient (Wildman–Crippen LogP) is 1.78. The standard InChI is InChI=1S/C15H17N5O/c1-4-20(3)15(21)10(2)17-14-11-7-5-6-8-12(11)18-19-13(14)9-16/h5-8,10H,4H2,1-3H3,(H,17,18). The first kappa shape index (κ1) is 14.7. The Morgan fingerprint density at radius 3 is 2.81 bits per heavy atom. The molecule has 0 bridgehead atoms. The van der Waals surface area contributed by atoms with Crippen LogP contribution >= 0.6 is 0 Å². The second-order valence-corrected chi connectivity index (χ2v) is 4.77. The van der Waals surface area contributed by atoms with Crippen LogP contribution in [0.1, 0.15) is 19.5 Å². The molecule has 0 saturated carbocycles. The fourth-order valence-corrected chi connectivity index (χ4v) is 2.04. The van der Waals surface area contributed by atoms with Crippen LogP contribution in [0.2, 0.25) is 0 Å². The average molecular weight is 283 g/mol. The molecule has 0 aliphatic carbocycles. The van der Waals surface area contributed by atoms with Gasteiger partial charge in [0.25, 0.3) is 0 Å². The van der Waals surface area contributed by atoms with E-state index < -0.39 is 6.04 Å². The van der Waals surface area contributed by atoms with Gasteiger partial charge in [-0.3, -0.25) is 4.79 Å². The lowest BCUT2D eigenvalue weighted by Gasteiger charge is -2.22. The van der Waals surface area contributed by atoms with Crippen molar-refractivity contribution in [3.8, 4) is 6.07 Å². The molecule has 1 atom stereocenters. The van der Waals surface area contributed by atoms with E-state index in [1.807, 2.05) is 37.3 Å². The molecule has 6 heteroatoms. The van der Waals surface area contributed by atoms with Crippen LogP contribution in [0.15, 0.2) is 24.3 Å². The molecule has 0 fully saturated rings. The Morgan fingerprint density at radius 2 is 2.14 bits per heavy atom. The molecule has 0 radical (unpaired) electrons. The summed E-state index contributed by atoms with van der Waals surface area (Å²) >= 11 is 0. The molecular formula is C15H17N5O. The number of hydrogen-bond acceptors (Lipinski definition) is 5. The van der Waals surface area contributed by atoms with Crippen LogP contribution in [0.3, 0.4) is 0 Å². The first-order chi connectivity index (χ1) is 10.1. The first-order valence-electron chi connectivity index (χ1n) is 6.75. The van der Waals surface area contributed by atoms with Crippen LogP contribution in [0.5, 0.6) is 0 Å². The zero-order valence-corrected chi connectivity index (χ0v) is 12.3. The first-order valence-corrected chi connectivity index (χ1v) is 6.75. The minimum absolute atomic E-state index is 0.0396. The SMILES string of the molecule is CCN(C)C(=O)C(C)Nc1c(C#N)nnc2ccccc12. The summed E-state index contributed by atoms with van der Waals surface area (Å²) in [4.78, 5) is 13.8. The number of aromatic nitrogens is 2. The van der Waals surface area contributed by atoms with Crippen molar-refractivity contribution < 1.29 is 4.79 Å². The molecule has 2 aromatic rings. The quantitative estimate of drug-likeness (QED) is 0.925. The Kier molecular flexibility index (Phi) is 4.33. The van der Waals surface area contributed by atoms with Gasteiger partial charge in [0.15, 0.2) is 5.69 Å². The third kappa shape index (κ3) is 2.92. The molecule has 21 heavy (non-hydrogen) atoms. The van der Waals surface area contributed by atoms with Crippen LogP contribution in [0, 0.1) is 11.3 Å². The van der Waals surface area contributed by atoms with Crippen molar-refractivity contribution in [1.29, 1.82) is 5.26 Å². The maximum absolute atomic E-state index is 12.2. The van der Waals surface area contributed by atoms with Gasteiger partial charge in [0.2, 0.25) is 5.91 Å². The summed E-state index contributed by atoms with van der Waals surface area (Å²) in [6, 6.07) is 8.95. The van der Waals surface area contributed by atoms with Gasteiger partial charge in [0.1, 0.15) is 12.1 Å². The maximum Gasteiger partial charge on any atom is 0.244 e. The Hall–Kier alpha value is -2.68. The Balaban J connectivity index is 2.41. The average Bonchev–Trinajstić information content (AvgIpc) is 2.53. The molecule has 0 spiro atoms. The van der Waals surface area contributed by atoms with Crippen LogP contribution in [-0.2, 0) is 4.79 Å². The lowest BCUT2D eigenvalue weighted by atomic mass is 10.1. The second-order valence-electron chi connectivity index (χ2n) is 4.77. The zero-order valence-electron chi connectivity index (χ0n) is 12.3. The fourth-order valence-electron chi connectivity index (χ4n) is 2.04. The summed E-state index contributed by atoms with van der Waals surface area (Å²) < 4.78 is 0. The number of likely N-dealkylation sites (N-methyl/N-ethyl adjacent to an activating group) is 1. The number of fused-ring (bicyclic) bond motifs is 1. The Labute approximate surface area is 123 Å². The molecule has 6 nitrogen and oxygen atoms in total. The summed E-state index contributed by atoms with van der Waals surface area (Å²) in [6.07, 6.45) is 0. The third-order valence-electron chi connectivity index (χ3n) is 3.36. The molecule has 1 aromatic carbocycles. The van der Waals surface area contributed by atoms with E-state index in [2.05, 4.69) is 15.5 Å². The van der Waals surface area contributed by atoms with Crippen molar-refractivity contribution in [1.82, 2.24) is 15.1 Å². The number of amides is 1. The number of rotatable bonds is 4. The summed E-state index contributed by atoms with van der Waals surface area (Å²) in [7, 11) is 1.74. The van der Waals surface area contributed by atoms with E-state index in [0.29, 0.717) is 17.7 Å². The maximum atomic E-state index is 12.2. The van der Waals surface area contributed by atoms with E-state index in [1.54, 1.807) is 18.9 Å². The molecule has 0 saturated heterocycles. The summed E-state index contributed by atoms with van der Waals surface area (Å²) in [6.45, 7) is 4.31. The van der Waals surface area contributed by atoms with Crippen molar-refractivity contribution in [2.75, 3.05) is 18.9 Å². The highest BCUT2D eigenvalue weighted by Gasteiger charge is 2.19. The van der Waals surface area contributed by atoms with Crippen molar-refractivity contribution in [3.63, 3.8) is 0 Å². The molecule has 0 aliphatic heterocycles. The molecule has 1 amide bonds. The molecular weight excluding hydrogens is 266 g/mol. The largest absolute Gasteiger partial charge is 0.371 e. The predicted molar refractivity (Wildman–Crippen MR) is 80.6 cm³/mol. The number of nitriles is 1. The van der Waals surface area contributed by atoms with Crippen LogP contribution < -0.4 is 5.32 Å². The van der Waals surface area contributed by atoms with Gasteiger partial charge in [0, 0.05) is 19.0 Å². The Morgan fingerprint density at radius 1 is 1.43 bits per heavy atom. The smallest absolute Gasteiger partial charge is 0.244 e. The van der Waals surface area contributed by atoms with Gasteiger partial charge >= 0.3 is 0 Å². The molecule has 1 unspecified atom stereocenters. The van der Waals surface area contributed by atoms with E-state index >= 15 is 0 Å². The number of hydrogen-bond donors (Lipinski definition) is 1. The van der Waals surface area contributed by atoms with E-state index in [9.17, 15) is 10.1 Å². The number of anilines is 1. The normalized spacial score (nSPS) is 11.7. The van der Waals surface area contributed by atoms with Gasteiger partial charge < -0.3 is 10.2 Å². The topological polar surface area (TPSA) is 81.9 Å². The van der Waals surface area contributed by atoms with E-state index in [4.69, 9.17) is 0 Å². The summed E-state index contributed by atoms with van der Waals surface area (Å²) in [5.74, 6) is -0.0396. The minimum Gasteiger partial charge on any atom is -0.371 e. The van der Waals surface area contributed by atoms with Crippen molar-refractivity contribution >= 4 is 22.5 Å². The third-order valence-corrected chi connectivity index (χ3v) is 3.36. The zero-order chi connectivity index (χ0) is 15.4. The lowest BCUT2D eigenvalue weighted by Crippen LogP contribution is -2.39. The van der Waals surface area contributed by atoms with Gasteiger partial charge in [-0.05, 0) is 19.9 Å². The fraction of sp³-hybridized carbons (Fsp3) is 0.333. The highest BCUT2D eigenvalue weighted by molar-refractivity contribution is 5.95. The van der Waals surface area contributed by atoms with Crippen LogP contribution in [0.25, 0.3) is 10.9 Å². The Bertz CT molecular complexity index is 707. The van der Waals surface area contributed by atoms with E-state index in [-0.39, 0.29) is 11.6 Å². The molecule has 1 aromatic heterocycles. The van der Waals surface area contributed by atoms with Gasteiger partial charge in [-0.15, -0.1) is 10.2 Å². The number of benzene rings is 1. The molecule has 1 N–H and O–H groups in total. The highest BCUT2D eigenvalue weighted by atomic mass is 16.2. The molecule has 1 heterocycles. The van der Waals surface area contributed by atoms with E-state index in [1.165, 1.54) is 0 Å². The minimum atomic E-state index is -0.449. The number of carbonyl (C=O) groups excluding carboxylic acids is 1. The van der Waals surface area contributed by atoms with Crippen molar-refractivity contribution in [2.45, 2.75) is 19.9 Å². The number of nitrogens with zero attached hydrogens (tertiary/aromatic N) is 4. The van der Waals surface area contributed by atoms with Crippen molar-refractivity contribution in [2.24, 2.45) is 0 Å². The lowest BCUT2D eigenvalue weighted by molar-refractivity contribution is -0.130. The summed E-state index contributed by atoms with van der Waals surface area (Å²) in [5, 5.41) is 21.0. The van der Waals surface area contributed by atoms with Crippen LogP contribution in [-0.4, -0.2) is 40.6 Å². The number of nitrogens with one attached hydrogen (secondary N) is 1. The monoisotopic (exact) mass is 283 g/mol. The number of carbonyl (C=O) groups is 1. The molecule has 0 aliphatic rings. The van der Waals surface area contributed by atoms with Gasteiger partial charge in [-0.1, -0.05) is 18.2 Å². The van der Waals surface area contributed by atoms with Crippen LogP contribution in [0.4, 0.5) is 5.69 Å². The van der Waals surface area contributed by atoms with Gasteiger partial charge in [-0.25, -0.2) is 0 Å². The van der Waals surface area contributed by atoms with Crippen molar-refractivity contribution in [3.05, 3.63) is 30.0 Å². The summed E-state index contributed by atoms with van der Waals surface area (Å²) in [5.41, 5.74) is 1.42. The van der Waals surface area contributed by atoms with Gasteiger partial charge in [0.05, 0.1) is 11.2 Å². The van der Waals surface area contributed by atoms with Gasteiger partial charge in [-0.2, -0.15) is 5.26 Å². The second kappa shape index (κ2) is 6.18. The molecule has 108 valence electrons. The van der Waals surface area contributed by atoms with E-state index in [0.717, 1.165) is 5.39 Å². The molecule has 2 rings (SSSR count). The highest BCUT2D eigenvalue weighted by Crippen LogP contribution is 2.24.